The van der Waals surface area contributed by atoms with Crippen LogP contribution in [0.1, 0.15) is 35.5 Å². The number of carbonyl (C=O) groups is 1. The second-order valence-electron chi connectivity index (χ2n) is 6.11. The van der Waals surface area contributed by atoms with Gasteiger partial charge in [-0.3, -0.25) is 9.78 Å². The van der Waals surface area contributed by atoms with Crippen molar-refractivity contribution in [1.29, 1.82) is 0 Å². The van der Waals surface area contributed by atoms with Gasteiger partial charge in [0.25, 0.3) is 5.91 Å². The van der Waals surface area contributed by atoms with E-state index < -0.39 is 0 Å². The van der Waals surface area contributed by atoms with Crippen molar-refractivity contribution < 1.29 is 19.2 Å². The Morgan fingerprint density at radius 1 is 1.26 bits per heavy atom. The van der Waals surface area contributed by atoms with Crippen LogP contribution in [0.2, 0.25) is 0 Å². The Labute approximate surface area is 156 Å². The minimum Gasteiger partial charge on any atom is -0.473 e. The number of aliphatic hydroxyl groups excluding tert-OH is 1. The molecule has 0 radical (unpaired) electrons. The SMILES string of the molecule is CC(C)NC(=O)c1ccc(OCc2c(-c3ccccn3)noc2CO)nc1. The molecular weight excluding hydrogens is 348 g/mol. The van der Waals surface area contributed by atoms with Crippen LogP contribution in [-0.2, 0) is 13.2 Å². The second kappa shape index (κ2) is 8.41. The average molecular weight is 368 g/mol. The largest absolute Gasteiger partial charge is 0.473 e. The van der Waals surface area contributed by atoms with Crippen LogP contribution in [0, 0.1) is 0 Å². The molecule has 8 heteroatoms. The van der Waals surface area contributed by atoms with E-state index in [1.165, 1.54) is 6.20 Å². The summed E-state index contributed by atoms with van der Waals surface area (Å²) >= 11 is 0. The lowest BCUT2D eigenvalue weighted by atomic mass is 10.1. The molecule has 8 nitrogen and oxygen atoms in total. The molecule has 0 aliphatic heterocycles. The maximum Gasteiger partial charge on any atom is 0.253 e. The Bertz CT molecular complexity index is 892. The van der Waals surface area contributed by atoms with Gasteiger partial charge in [-0.1, -0.05) is 11.2 Å². The van der Waals surface area contributed by atoms with Crippen LogP contribution in [0.4, 0.5) is 0 Å². The monoisotopic (exact) mass is 368 g/mol. The minimum atomic E-state index is -0.305. The third-order valence-corrected chi connectivity index (χ3v) is 3.70. The lowest BCUT2D eigenvalue weighted by Gasteiger charge is -2.09. The van der Waals surface area contributed by atoms with E-state index in [0.717, 1.165) is 0 Å². The van der Waals surface area contributed by atoms with Gasteiger partial charge in [0.1, 0.15) is 18.9 Å². The Morgan fingerprint density at radius 2 is 2.11 bits per heavy atom. The third-order valence-electron chi connectivity index (χ3n) is 3.70. The van der Waals surface area contributed by atoms with E-state index in [-0.39, 0.29) is 25.2 Å². The van der Waals surface area contributed by atoms with Crippen LogP contribution in [-0.4, -0.2) is 32.2 Å². The van der Waals surface area contributed by atoms with Crippen molar-refractivity contribution in [2.45, 2.75) is 33.1 Å². The number of nitrogens with one attached hydrogen (secondary N) is 1. The van der Waals surface area contributed by atoms with Crippen molar-refractivity contribution in [3.63, 3.8) is 0 Å². The summed E-state index contributed by atoms with van der Waals surface area (Å²) in [7, 11) is 0. The van der Waals surface area contributed by atoms with Gasteiger partial charge < -0.3 is 19.7 Å². The van der Waals surface area contributed by atoms with Gasteiger partial charge in [0.15, 0.2) is 5.76 Å². The average Bonchev–Trinajstić information content (AvgIpc) is 3.10. The summed E-state index contributed by atoms with van der Waals surface area (Å²) in [5.41, 5.74) is 2.17. The molecule has 27 heavy (non-hydrogen) atoms. The van der Waals surface area contributed by atoms with Gasteiger partial charge >= 0.3 is 0 Å². The van der Waals surface area contributed by atoms with Crippen LogP contribution in [0.3, 0.4) is 0 Å². The first-order chi connectivity index (χ1) is 13.1. The van der Waals surface area contributed by atoms with Crippen LogP contribution in [0.25, 0.3) is 11.4 Å². The van der Waals surface area contributed by atoms with Crippen molar-refractivity contribution >= 4 is 5.91 Å². The first-order valence-electron chi connectivity index (χ1n) is 8.48. The quantitative estimate of drug-likeness (QED) is 0.658. The number of rotatable bonds is 7. The molecule has 3 aromatic heterocycles. The number of hydrogen-bond donors (Lipinski definition) is 2. The summed E-state index contributed by atoms with van der Waals surface area (Å²) in [6.07, 6.45) is 3.10. The Kier molecular flexibility index (Phi) is 5.77. The first-order valence-corrected chi connectivity index (χ1v) is 8.48. The Balaban J connectivity index is 1.73. The molecule has 0 aliphatic rings. The zero-order valence-corrected chi connectivity index (χ0v) is 15.0. The molecule has 3 heterocycles. The summed E-state index contributed by atoms with van der Waals surface area (Å²) in [5.74, 6) is 0.458. The highest BCUT2D eigenvalue weighted by Crippen LogP contribution is 2.25. The van der Waals surface area contributed by atoms with Gasteiger partial charge in [-0.2, -0.15) is 0 Å². The molecule has 0 saturated heterocycles. The second-order valence-corrected chi connectivity index (χ2v) is 6.11. The summed E-state index contributed by atoms with van der Waals surface area (Å²) in [5, 5.41) is 16.3. The van der Waals surface area contributed by atoms with Gasteiger partial charge in [0.2, 0.25) is 5.88 Å². The number of hydrogen-bond acceptors (Lipinski definition) is 7. The van der Waals surface area contributed by atoms with Crippen LogP contribution >= 0.6 is 0 Å². The summed E-state index contributed by atoms with van der Waals surface area (Å²) in [6.45, 7) is 3.56. The summed E-state index contributed by atoms with van der Waals surface area (Å²) in [4.78, 5) is 20.3. The van der Waals surface area contributed by atoms with Gasteiger partial charge in [0, 0.05) is 24.5 Å². The van der Waals surface area contributed by atoms with Gasteiger partial charge in [0.05, 0.1) is 16.8 Å². The normalized spacial score (nSPS) is 10.8. The van der Waals surface area contributed by atoms with E-state index in [2.05, 4.69) is 20.4 Å². The molecule has 0 atom stereocenters. The number of pyridine rings is 2. The van der Waals surface area contributed by atoms with E-state index in [1.54, 1.807) is 30.5 Å². The smallest absolute Gasteiger partial charge is 0.253 e. The molecule has 0 aliphatic carbocycles. The molecule has 0 unspecified atom stereocenters. The lowest BCUT2D eigenvalue weighted by Crippen LogP contribution is -2.30. The van der Waals surface area contributed by atoms with E-state index in [0.29, 0.717) is 34.2 Å². The molecule has 0 bridgehead atoms. The number of amides is 1. The van der Waals surface area contributed by atoms with Crippen molar-refractivity contribution in [1.82, 2.24) is 20.4 Å². The number of aromatic nitrogens is 3. The van der Waals surface area contributed by atoms with E-state index in [1.807, 2.05) is 19.9 Å². The molecule has 1 amide bonds. The fraction of sp³-hybridized carbons (Fsp3) is 0.263. The maximum absolute atomic E-state index is 11.9. The molecule has 2 N–H and O–H groups in total. The van der Waals surface area contributed by atoms with Crippen LogP contribution in [0.5, 0.6) is 5.88 Å². The topological polar surface area (TPSA) is 110 Å². The van der Waals surface area contributed by atoms with Gasteiger partial charge in [-0.15, -0.1) is 0 Å². The molecule has 3 aromatic rings. The van der Waals surface area contributed by atoms with Gasteiger partial charge in [-0.25, -0.2) is 4.98 Å². The summed E-state index contributed by atoms with van der Waals surface area (Å²) < 4.78 is 10.9. The number of nitrogens with zero attached hydrogens (tertiary/aromatic N) is 3. The van der Waals surface area contributed by atoms with Crippen LogP contribution in [0.15, 0.2) is 47.2 Å². The maximum atomic E-state index is 11.9. The standard InChI is InChI=1S/C19H20N4O4/c1-12(2)22-19(25)13-6-7-17(21-9-13)26-11-14-16(10-24)27-23-18(14)15-5-3-4-8-20-15/h3-9,12,24H,10-11H2,1-2H3,(H,22,25). The van der Waals surface area contributed by atoms with Crippen molar-refractivity contribution in [3.05, 3.63) is 59.6 Å². The minimum absolute atomic E-state index is 0.0453. The molecular formula is C19H20N4O4. The zero-order chi connectivity index (χ0) is 19.2. The Hall–Kier alpha value is -3.26. The highest BCUT2D eigenvalue weighted by atomic mass is 16.5. The Morgan fingerprint density at radius 3 is 2.74 bits per heavy atom. The van der Waals surface area contributed by atoms with E-state index >= 15 is 0 Å². The predicted molar refractivity (Wildman–Crippen MR) is 96.8 cm³/mol. The highest BCUT2D eigenvalue weighted by Gasteiger charge is 2.19. The fourth-order valence-electron chi connectivity index (χ4n) is 2.41. The molecule has 0 saturated carbocycles. The fourth-order valence-corrected chi connectivity index (χ4v) is 2.41. The predicted octanol–water partition coefficient (Wildman–Crippen LogP) is 2.34. The molecule has 140 valence electrons. The molecule has 0 aromatic carbocycles. The third kappa shape index (κ3) is 4.48. The first kappa shape index (κ1) is 18.5. The number of aliphatic hydroxyl groups is 1. The van der Waals surface area contributed by atoms with E-state index in [9.17, 15) is 9.90 Å². The lowest BCUT2D eigenvalue weighted by molar-refractivity contribution is 0.0942. The van der Waals surface area contributed by atoms with Crippen molar-refractivity contribution in [2.24, 2.45) is 0 Å². The summed E-state index contributed by atoms with van der Waals surface area (Å²) in [6, 6.07) is 8.73. The van der Waals surface area contributed by atoms with Crippen LogP contribution < -0.4 is 10.1 Å². The van der Waals surface area contributed by atoms with Gasteiger partial charge in [-0.05, 0) is 32.0 Å². The molecule has 3 rings (SSSR count). The highest BCUT2D eigenvalue weighted by molar-refractivity contribution is 5.94. The zero-order valence-electron chi connectivity index (χ0n) is 15.0. The van der Waals surface area contributed by atoms with E-state index in [4.69, 9.17) is 9.26 Å². The number of ether oxygens (including phenoxy) is 1. The van der Waals surface area contributed by atoms with Crippen molar-refractivity contribution in [2.75, 3.05) is 0 Å². The molecule has 0 fully saturated rings. The number of carbonyl (C=O) groups excluding carboxylic acids is 1. The van der Waals surface area contributed by atoms with Crippen molar-refractivity contribution in [3.8, 4) is 17.3 Å². The molecule has 0 spiro atoms.